The van der Waals surface area contributed by atoms with Crippen LogP contribution in [0.4, 0.5) is 0 Å². The van der Waals surface area contributed by atoms with Crippen molar-refractivity contribution in [2.75, 3.05) is 0 Å². The van der Waals surface area contributed by atoms with Crippen LogP contribution in [0.3, 0.4) is 0 Å². The van der Waals surface area contributed by atoms with Crippen molar-refractivity contribution in [2.45, 2.75) is 5.88 Å². The van der Waals surface area contributed by atoms with Crippen molar-refractivity contribution in [1.82, 2.24) is 0 Å². The monoisotopic (exact) mass is 322 g/mol. The molecule has 0 aliphatic rings. The lowest BCUT2D eigenvalue weighted by atomic mass is 10.0. The van der Waals surface area contributed by atoms with E-state index in [1.807, 2.05) is 30.3 Å². The van der Waals surface area contributed by atoms with Gasteiger partial charge in [-0.15, -0.1) is 11.6 Å². The fourth-order valence-corrected chi connectivity index (χ4v) is 2.74. The van der Waals surface area contributed by atoms with Crippen molar-refractivity contribution >= 4 is 49.3 Å². The summed E-state index contributed by atoms with van der Waals surface area (Å²) in [5.74, 6) is 0.289. The molecule has 0 unspecified atom stereocenters. The zero-order valence-corrected chi connectivity index (χ0v) is 11.6. The number of benzene rings is 2. The Hall–Kier alpha value is -1.32. The minimum Gasteiger partial charge on any atom is -0.423 e. The maximum absolute atomic E-state index is 11.4. The molecule has 0 saturated heterocycles. The minimum atomic E-state index is -0.366. The van der Waals surface area contributed by atoms with E-state index in [9.17, 15) is 4.79 Å². The number of alkyl halides is 1. The van der Waals surface area contributed by atoms with Gasteiger partial charge in [0.1, 0.15) is 5.58 Å². The van der Waals surface area contributed by atoms with Gasteiger partial charge < -0.3 is 4.42 Å². The molecule has 0 bridgehead atoms. The lowest BCUT2D eigenvalue weighted by molar-refractivity contribution is 0.560. The van der Waals surface area contributed by atoms with E-state index in [2.05, 4.69) is 15.9 Å². The summed E-state index contributed by atoms with van der Waals surface area (Å²) < 4.78 is 6.23. The number of halogens is 2. The zero-order chi connectivity index (χ0) is 12.7. The van der Waals surface area contributed by atoms with E-state index >= 15 is 0 Å². The van der Waals surface area contributed by atoms with Gasteiger partial charge in [-0.25, -0.2) is 4.79 Å². The molecule has 0 aliphatic heterocycles. The van der Waals surface area contributed by atoms with Crippen LogP contribution in [0.15, 0.2) is 50.1 Å². The van der Waals surface area contributed by atoms with Crippen molar-refractivity contribution < 1.29 is 4.42 Å². The highest BCUT2D eigenvalue weighted by molar-refractivity contribution is 9.10. The van der Waals surface area contributed by atoms with Gasteiger partial charge in [-0.1, -0.05) is 28.1 Å². The molecule has 2 aromatic carbocycles. The van der Waals surface area contributed by atoms with E-state index in [1.54, 1.807) is 0 Å². The van der Waals surface area contributed by atoms with Gasteiger partial charge in [0.05, 0.1) is 0 Å². The van der Waals surface area contributed by atoms with Gasteiger partial charge >= 0.3 is 5.63 Å². The summed E-state index contributed by atoms with van der Waals surface area (Å²) in [7, 11) is 0. The van der Waals surface area contributed by atoms with E-state index in [0.717, 1.165) is 26.2 Å². The second-order valence-corrected chi connectivity index (χ2v) is 5.21. The third-order valence-corrected chi connectivity index (χ3v) is 3.69. The summed E-state index contributed by atoms with van der Waals surface area (Å²) in [6, 6.07) is 11.2. The molecule has 0 amide bonds. The first-order valence-corrected chi connectivity index (χ1v) is 6.73. The number of hydrogen-bond acceptors (Lipinski definition) is 2. The molecule has 0 spiro atoms. The largest absolute Gasteiger partial charge is 0.423 e. The van der Waals surface area contributed by atoms with Crippen molar-refractivity contribution in [3.8, 4) is 0 Å². The average molecular weight is 324 g/mol. The SMILES string of the molecule is O=c1cc(CCl)c2c(ccc3cc(Br)ccc32)o1. The second kappa shape index (κ2) is 4.41. The molecule has 3 aromatic rings. The molecule has 2 nitrogen and oxygen atoms in total. The van der Waals surface area contributed by atoms with Gasteiger partial charge in [0.2, 0.25) is 0 Å². The second-order valence-electron chi connectivity index (χ2n) is 4.03. The molecule has 18 heavy (non-hydrogen) atoms. The van der Waals surface area contributed by atoms with Crippen LogP contribution in [0.25, 0.3) is 21.7 Å². The molecule has 0 saturated carbocycles. The predicted molar refractivity (Wildman–Crippen MR) is 77.2 cm³/mol. The molecular formula is C14H8BrClO2. The number of fused-ring (bicyclic) bond motifs is 3. The number of hydrogen-bond donors (Lipinski definition) is 0. The van der Waals surface area contributed by atoms with Gasteiger partial charge in [0.25, 0.3) is 0 Å². The molecule has 3 rings (SSSR count). The van der Waals surface area contributed by atoms with Crippen molar-refractivity contribution in [3.63, 3.8) is 0 Å². The third-order valence-electron chi connectivity index (χ3n) is 2.91. The molecular weight excluding hydrogens is 316 g/mol. The van der Waals surface area contributed by atoms with Crippen LogP contribution in [0.2, 0.25) is 0 Å². The Kier molecular flexibility index (Phi) is 2.88. The molecule has 1 aromatic heterocycles. The van der Waals surface area contributed by atoms with Gasteiger partial charge in [0, 0.05) is 21.8 Å². The molecule has 0 fully saturated rings. The molecule has 90 valence electrons. The van der Waals surface area contributed by atoms with Crippen LogP contribution in [-0.2, 0) is 5.88 Å². The Morgan fingerprint density at radius 1 is 1.17 bits per heavy atom. The first kappa shape index (κ1) is 11.8. The maximum Gasteiger partial charge on any atom is 0.336 e. The minimum absolute atomic E-state index is 0.289. The van der Waals surface area contributed by atoms with E-state index in [-0.39, 0.29) is 11.5 Å². The normalized spacial score (nSPS) is 11.2. The highest BCUT2D eigenvalue weighted by Gasteiger charge is 2.09. The first-order valence-electron chi connectivity index (χ1n) is 5.40. The summed E-state index contributed by atoms with van der Waals surface area (Å²) >= 11 is 9.36. The Labute approximate surface area is 116 Å². The smallest absolute Gasteiger partial charge is 0.336 e. The zero-order valence-electron chi connectivity index (χ0n) is 9.24. The van der Waals surface area contributed by atoms with Crippen molar-refractivity contribution in [2.24, 2.45) is 0 Å². The highest BCUT2D eigenvalue weighted by Crippen LogP contribution is 2.29. The Balaban J connectivity index is 2.56. The summed E-state index contributed by atoms with van der Waals surface area (Å²) in [4.78, 5) is 11.4. The number of rotatable bonds is 1. The van der Waals surface area contributed by atoms with Crippen LogP contribution in [0, 0.1) is 0 Å². The van der Waals surface area contributed by atoms with Gasteiger partial charge in [-0.3, -0.25) is 0 Å². The Morgan fingerprint density at radius 2 is 2.00 bits per heavy atom. The van der Waals surface area contributed by atoms with Crippen molar-refractivity contribution in [1.29, 1.82) is 0 Å². The molecule has 0 atom stereocenters. The van der Waals surface area contributed by atoms with Crippen LogP contribution < -0.4 is 5.63 Å². The fourth-order valence-electron chi connectivity index (χ4n) is 2.15. The molecule has 1 heterocycles. The van der Waals surface area contributed by atoms with Crippen LogP contribution in [0.5, 0.6) is 0 Å². The Morgan fingerprint density at radius 3 is 2.78 bits per heavy atom. The summed E-state index contributed by atoms with van der Waals surface area (Å²) in [6.07, 6.45) is 0. The molecule has 0 radical (unpaired) electrons. The van der Waals surface area contributed by atoms with Gasteiger partial charge in [-0.05, 0) is 34.5 Å². The average Bonchev–Trinajstić information content (AvgIpc) is 2.37. The Bertz CT molecular complexity index is 808. The predicted octanol–water partition coefficient (Wildman–Crippen LogP) is 4.45. The van der Waals surface area contributed by atoms with Gasteiger partial charge in [0.15, 0.2) is 0 Å². The summed E-state index contributed by atoms with van der Waals surface area (Å²) in [6.45, 7) is 0. The van der Waals surface area contributed by atoms with E-state index in [4.69, 9.17) is 16.0 Å². The first-order chi connectivity index (χ1) is 8.69. The third kappa shape index (κ3) is 1.84. The fraction of sp³-hybridized carbons (Fsp3) is 0.0714. The van der Waals surface area contributed by atoms with Crippen LogP contribution in [-0.4, -0.2) is 0 Å². The van der Waals surface area contributed by atoms with E-state index < -0.39 is 0 Å². The molecule has 0 aliphatic carbocycles. The molecule has 4 heteroatoms. The van der Waals surface area contributed by atoms with Crippen LogP contribution >= 0.6 is 27.5 Å². The van der Waals surface area contributed by atoms with E-state index in [1.165, 1.54) is 6.07 Å². The van der Waals surface area contributed by atoms with E-state index in [0.29, 0.717) is 5.58 Å². The topological polar surface area (TPSA) is 30.2 Å². The lowest BCUT2D eigenvalue weighted by Crippen LogP contribution is -1.99. The highest BCUT2D eigenvalue weighted by atomic mass is 79.9. The van der Waals surface area contributed by atoms with Gasteiger partial charge in [-0.2, -0.15) is 0 Å². The van der Waals surface area contributed by atoms with Crippen LogP contribution in [0.1, 0.15) is 5.56 Å². The maximum atomic E-state index is 11.4. The lowest BCUT2D eigenvalue weighted by Gasteiger charge is -2.06. The summed E-state index contributed by atoms with van der Waals surface area (Å²) in [5.41, 5.74) is 1.01. The molecule has 0 N–H and O–H groups in total. The van der Waals surface area contributed by atoms with Crippen molar-refractivity contribution in [3.05, 3.63) is 56.9 Å². The quantitative estimate of drug-likeness (QED) is 0.376. The standard InChI is InChI=1S/C14H8BrClO2/c15-10-2-3-11-8(5-10)1-4-12-14(11)9(7-16)6-13(17)18-12/h1-6H,7H2. The summed E-state index contributed by atoms with van der Waals surface area (Å²) in [5, 5.41) is 3.03.